The highest BCUT2D eigenvalue weighted by molar-refractivity contribution is 5.94. The van der Waals surface area contributed by atoms with Gasteiger partial charge in [-0.15, -0.1) is 0 Å². The molecule has 2 aromatic rings. The molecule has 0 bridgehead atoms. The van der Waals surface area contributed by atoms with E-state index < -0.39 is 5.97 Å². The molecule has 5 nitrogen and oxygen atoms in total. The Labute approximate surface area is 85.2 Å². The van der Waals surface area contributed by atoms with E-state index in [0.717, 1.165) is 0 Å². The Morgan fingerprint density at radius 1 is 1.60 bits per heavy atom. The highest BCUT2D eigenvalue weighted by Crippen LogP contribution is 2.18. The Kier molecular flexibility index (Phi) is 1.90. The summed E-state index contributed by atoms with van der Waals surface area (Å²) in [4.78, 5) is 10.7. The van der Waals surface area contributed by atoms with Crippen LogP contribution in [-0.2, 0) is 7.05 Å². The standard InChI is InChI=1S/C10H7N3O2/c1-13-9(5-11)7-4-6(10(14)15)2-3-8(7)12-13/h2-4H,1H3,(H,14,15). The van der Waals surface area contributed by atoms with E-state index in [4.69, 9.17) is 10.4 Å². The highest BCUT2D eigenvalue weighted by atomic mass is 16.4. The van der Waals surface area contributed by atoms with Crippen molar-refractivity contribution in [2.75, 3.05) is 0 Å². The van der Waals surface area contributed by atoms with E-state index in [0.29, 0.717) is 16.6 Å². The van der Waals surface area contributed by atoms with E-state index in [1.54, 1.807) is 13.1 Å². The second-order valence-electron chi connectivity index (χ2n) is 3.12. The van der Waals surface area contributed by atoms with Crippen LogP contribution >= 0.6 is 0 Å². The van der Waals surface area contributed by atoms with E-state index in [1.807, 2.05) is 6.07 Å². The summed E-state index contributed by atoms with van der Waals surface area (Å²) in [6.07, 6.45) is 0. The summed E-state index contributed by atoms with van der Waals surface area (Å²) in [5.41, 5.74) is 1.15. The van der Waals surface area contributed by atoms with E-state index in [2.05, 4.69) is 5.10 Å². The van der Waals surface area contributed by atoms with Crippen LogP contribution in [0, 0.1) is 11.3 Å². The SMILES string of the molecule is Cn1nc2ccc(C(=O)O)cc2c1C#N. The molecule has 1 N–H and O–H groups in total. The smallest absolute Gasteiger partial charge is 0.335 e. The van der Waals surface area contributed by atoms with Crippen molar-refractivity contribution in [1.82, 2.24) is 9.78 Å². The molecule has 0 atom stereocenters. The molecule has 0 spiro atoms. The fraction of sp³-hybridized carbons (Fsp3) is 0.100. The number of carboxylic acid groups (broad SMARTS) is 1. The van der Waals surface area contributed by atoms with Crippen molar-refractivity contribution < 1.29 is 9.90 Å². The second kappa shape index (κ2) is 3.10. The lowest BCUT2D eigenvalue weighted by Gasteiger charge is -1.93. The third-order valence-electron chi connectivity index (χ3n) is 2.19. The molecule has 0 fully saturated rings. The maximum absolute atomic E-state index is 10.7. The third-order valence-corrected chi connectivity index (χ3v) is 2.19. The number of nitrogens with zero attached hydrogens (tertiary/aromatic N) is 3. The molecule has 0 aliphatic rings. The van der Waals surface area contributed by atoms with E-state index in [9.17, 15) is 4.79 Å². The number of carbonyl (C=O) groups is 1. The van der Waals surface area contributed by atoms with Crippen LogP contribution in [0.2, 0.25) is 0 Å². The van der Waals surface area contributed by atoms with Gasteiger partial charge in [-0.25, -0.2) is 4.79 Å². The number of aryl methyl sites for hydroxylation is 1. The van der Waals surface area contributed by atoms with Gasteiger partial charge in [0.2, 0.25) is 0 Å². The van der Waals surface area contributed by atoms with Crippen LogP contribution in [0.25, 0.3) is 10.9 Å². The van der Waals surface area contributed by atoms with Gasteiger partial charge in [0.25, 0.3) is 0 Å². The van der Waals surface area contributed by atoms with Crippen LogP contribution in [0.1, 0.15) is 16.1 Å². The molecule has 5 heteroatoms. The van der Waals surface area contributed by atoms with Crippen LogP contribution in [0.5, 0.6) is 0 Å². The summed E-state index contributed by atoms with van der Waals surface area (Å²) >= 11 is 0. The Bertz CT molecular complexity index is 592. The van der Waals surface area contributed by atoms with Gasteiger partial charge in [-0.05, 0) is 18.2 Å². The van der Waals surface area contributed by atoms with Crippen molar-refractivity contribution in [3.8, 4) is 6.07 Å². The average Bonchev–Trinajstić information content (AvgIpc) is 2.51. The second-order valence-corrected chi connectivity index (χ2v) is 3.12. The maximum Gasteiger partial charge on any atom is 0.335 e. The molecule has 0 aliphatic heterocycles. The van der Waals surface area contributed by atoms with Gasteiger partial charge >= 0.3 is 5.97 Å². The summed E-state index contributed by atoms with van der Waals surface area (Å²) in [6, 6.07) is 6.52. The summed E-state index contributed by atoms with van der Waals surface area (Å²) in [5.74, 6) is -1.01. The first-order valence-corrected chi connectivity index (χ1v) is 4.23. The van der Waals surface area contributed by atoms with Crippen LogP contribution in [0.4, 0.5) is 0 Å². The normalized spacial score (nSPS) is 10.1. The lowest BCUT2D eigenvalue weighted by molar-refractivity contribution is 0.0697. The lowest BCUT2D eigenvalue weighted by atomic mass is 10.1. The quantitative estimate of drug-likeness (QED) is 0.750. The molecule has 15 heavy (non-hydrogen) atoms. The number of aromatic nitrogens is 2. The number of benzene rings is 1. The average molecular weight is 201 g/mol. The molecule has 0 amide bonds. The minimum Gasteiger partial charge on any atom is -0.478 e. The number of nitriles is 1. The lowest BCUT2D eigenvalue weighted by Crippen LogP contribution is -1.95. The van der Waals surface area contributed by atoms with Crippen molar-refractivity contribution in [2.24, 2.45) is 7.05 Å². The van der Waals surface area contributed by atoms with Crippen LogP contribution in [0.15, 0.2) is 18.2 Å². The fourth-order valence-corrected chi connectivity index (χ4v) is 1.46. The van der Waals surface area contributed by atoms with Gasteiger partial charge in [-0.1, -0.05) is 0 Å². The van der Waals surface area contributed by atoms with Crippen molar-refractivity contribution in [1.29, 1.82) is 5.26 Å². The molecule has 0 unspecified atom stereocenters. The van der Waals surface area contributed by atoms with Gasteiger partial charge in [-0.3, -0.25) is 4.68 Å². The molecule has 1 aromatic carbocycles. The zero-order chi connectivity index (χ0) is 11.0. The molecule has 2 rings (SSSR count). The number of carboxylic acids is 1. The third kappa shape index (κ3) is 1.32. The molecule has 0 saturated heterocycles. The van der Waals surface area contributed by atoms with Crippen molar-refractivity contribution in [3.63, 3.8) is 0 Å². The zero-order valence-electron chi connectivity index (χ0n) is 7.93. The maximum atomic E-state index is 10.7. The fourth-order valence-electron chi connectivity index (χ4n) is 1.46. The Balaban J connectivity index is 2.80. The zero-order valence-corrected chi connectivity index (χ0v) is 7.93. The van der Waals surface area contributed by atoms with Crippen LogP contribution in [0.3, 0.4) is 0 Å². The summed E-state index contributed by atoms with van der Waals surface area (Å²) in [5, 5.41) is 22.3. The molecule has 1 aromatic heterocycles. The van der Waals surface area contributed by atoms with Crippen molar-refractivity contribution in [2.45, 2.75) is 0 Å². The number of hydrogen-bond donors (Lipinski definition) is 1. The minimum absolute atomic E-state index is 0.159. The molecule has 0 saturated carbocycles. The summed E-state index contributed by atoms with van der Waals surface area (Å²) in [7, 11) is 1.65. The van der Waals surface area contributed by atoms with E-state index >= 15 is 0 Å². The van der Waals surface area contributed by atoms with Gasteiger partial charge in [-0.2, -0.15) is 10.4 Å². The molecule has 0 radical (unpaired) electrons. The molecular formula is C10H7N3O2. The molecule has 74 valence electrons. The first kappa shape index (κ1) is 9.21. The van der Waals surface area contributed by atoms with Crippen LogP contribution in [-0.4, -0.2) is 20.9 Å². The summed E-state index contributed by atoms with van der Waals surface area (Å²) < 4.78 is 1.44. The van der Waals surface area contributed by atoms with Crippen molar-refractivity contribution in [3.05, 3.63) is 29.5 Å². The highest BCUT2D eigenvalue weighted by Gasteiger charge is 2.11. The Morgan fingerprint density at radius 2 is 2.33 bits per heavy atom. The van der Waals surface area contributed by atoms with Gasteiger partial charge in [0.05, 0.1) is 11.1 Å². The predicted molar refractivity (Wildman–Crippen MR) is 52.4 cm³/mol. The van der Waals surface area contributed by atoms with Gasteiger partial charge in [0, 0.05) is 12.4 Å². The number of fused-ring (bicyclic) bond motifs is 1. The first-order valence-electron chi connectivity index (χ1n) is 4.23. The Hall–Kier alpha value is -2.35. The predicted octanol–water partition coefficient (Wildman–Crippen LogP) is 1.14. The molecular weight excluding hydrogens is 194 g/mol. The van der Waals surface area contributed by atoms with Gasteiger partial charge < -0.3 is 5.11 Å². The van der Waals surface area contributed by atoms with Crippen LogP contribution < -0.4 is 0 Å². The van der Waals surface area contributed by atoms with Crippen molar-refractivity contribution >= 4 is 16.9 Å². The Morgan fingerprint density at radius 3 is 2.93 bits per heavy atom. The van der Waals surface area contributed by atoms with E-state index in [-0.39, 0.29) is 5.56 Å². The minimum atomic E-state index is -1.01. The van der Waals surface area contributed by atoms with Gasteiger partial charge in [0.1, 0.15) is 11.8 Å². The number of rotatable bonds is 1. The monoisotopic (exact) mass is 201 g/mol. The molecule has 0 aliphatic carbocycles. The number of aromatic carboxylic acids is 1. The first-order chi connectivity index (χ1) is 7.13. The number of hydrogen-bond acceptors (Lipinski definition) is 3. The summed E-state index contributed by atoms with van der Waals surface area (Å²) in [6.45, 7) is 0. The van der Waals surface area contributed by atoms with Gasteiger partial charge in [0.15, 0.2) is 0 Å². The topological polar surface area (TPSA) is 78.9 Å². The molecule has 1 heterocycles. The largest absolute Gasteiger partial charge is 0.478 e. The van der Waals surface area contributed by atoms with E-state index in [1.165, 1.54) is 16.8 Å².